The quantitative estimate of drug-likeness (QED) is 0.359. The molecule has 0 saturated heterocycles. The smallest absolute Gasteiger partial charge is 0.277 e. The molecule has 0 aliphatic heterocycles. The Morgan fingerprint density at radius 3 is 2.15 bits per heavy atom. The molecular weight excluding hydrogens is 442 g/mol. The van der Waals surface area contributed by atoms with Crippen molar-refractivity contribution in [1.82, 2.24) is 10.2 Å². The van der Waals surface area contributed by atoms with Crippen LogP contribution in [0.25, 0.3) is 11.5 Å². The second-order valence-corrected chi connectivity index (χ2v) is 9.67. The minimum Gasteiger partial charge on any atom is -0.497 e. The number of thioether (sulfide) groups is 1. The first-order chi connectivity index (χ1) is 15.6. The average Bonchev–Trinajstić information content (AvgIpc) is 3.26. The lowest BCUT2D eigenvalue weighted by Gasteiger charge is -2.17. The lowest BCUT2D eigenvalue weighted by molar-refractivity contribution is -0.123. The summed E-state index contributed by atoms with van der Waals surface area (Å²) >= 11 is 1.18. The van der Waals surface area contributed by atoms with E-state index in [2.05, 4.69) is 15.5 Å². The summed E-state index contributed by atoms with van der Waals surface area (Å²) in [5.74, 6) is 1.32. The number of hydrogen-bond donors (Lipinski definition) is 1. The van der Waals surface area contributed by atoms with Gasteiger partial charge in [-0.1, -0.05) is 32.5 Å². The molecule has 0 radical (unpaired) electrons. The van der Waals surface area contributed by atoms with E-state index in [1.807, 2.05) is 20.8 Å². The molecule has 3 aromatic rings. The number of carbonyl (C=O) groups is 2. The van der Waals surface area contributed by atoms with Crippen molar-refractivity contribution in [2.24, 2.45) is 5.41 Å². The third-order valence-electron chi connectivity index (χ3n) is 4.76. The number of ketones is 1. The minimum absolute atomic E-state index is 0.0866. The maximum atomic E-state index is 12.9. The van der Waals surface area contributed by atoms with Crippen LogP contribution in [0.1, 0.15) is 38.1 Å². The van der Waals surface area contributed by atoms with E-state index in [-0.39, 0.29) is 16.9 Å². The van der Waals surface area contributed by atoms with Crippen LogP contribution >= 0.6 is 11.8 Å². The summed E-state index contributed by atoms with van der Waals surface area (Å²) in [7, 11) is 3.12. The zero-order valence-corrected chi connectivity index (χ0v) is 20.3. The highest BCUT2D eigenvalue weighted by Crippen LogP contribution is 2.32. The molecule has 1 atom stereocenters. The second kappa shape index (κ2) is 10.1. The molecule has 0 bridgehead atoms. The highest BCUT2D eigenvalue weighted by Gasteiger charge is 2.23. The summed E-state index contributed by atoms with van der Waals surface area (Å²) in [4.78, 5) is 25.0. The molecule has 0 fully saturated rings. The molecule has 1 unspecified atom stereocenters. The zero-order valence-electron chi connectivity index (χ0n) is 19.5. The van der Waals surface area contributed by atoms with E-state index in [4.69, 9.17) is 13.9 Å². The standard InChI is InChI=1S/C24H27N3O5S/c1-14(20(28)15-7-9-17(10-8-15)25-22(29)24(2,3)4)33-23-27-26-21(32-23)16-11-18(30-5)13-19(12-16)31-6/h7-14H,1-6H3,(H,25,29). The largest absolute Gasteiger partial charge is 0.497 e. The van der Waals surface area contributed by atoms with Crippen LogP contribution in [0.15, 0.2) is 52.1 Å². The van der Waals surface area contributed by atoms with Gasteiger partial charge in [-0.3, -0.25) is 9.59 Å². The molecule has 174 valence electrons. The predicted molar refractivity (Wildman–Crippen MR) is 127 cm³/mol. The predicted octanol–water partition coefficient (Wildman–Crippen LogP) is 5.10. The summed E-state index contributed by atoms with van der Waals surface area (Å²) in [6, 6.07) is 12.1. The van der Waals surface area contributed by atoms with Gasteiger partial charge in [0.1, 0.15) is 11.5 Å². The minimum atomic E-state index is -0.501. The van der Waals surface area contributed by atoms with Gasteiger partial charge in [0.15, 0.2) is 5.78 Å². The monoisotopic (exact) mass is 469 g/mol. The van der Waals surface area contributed by atoms with E-state index in [1.165, 1.54) is 11.8 Å². The molecule has 8 nitrogen and oxygen atoms in total. The first kappa shape index (κ1) is 24.3. The lowest BCUT2D eigenvalue weighted by atomic mass is 9.95. The fourth-order valence-corrected chi connectivity index (χ4v) is 3.54. The van der Waals surface area contributed by atoms with Gasteiger partial charge in [-0.2, -0.15) is 0 Å². The van der Waals surface area contributed by atoms with Gasteiger partial charge < -0.3 is 19.2 Å². The van der Waals surface area contributed by atoms with Crippen molar-refractivity contribution in [3.05, 3.63) is 48.0 Å². The molecule has 0 spiro atoms. The van der Waals surface area contributed by atoms with E-state index in [0.717, 1.165) is 0 Å². The highest BCUT2D eigenvalue weighted by atomic mass is 32.2. The highest BCUT2D eigenvalue weighted by molar-refractivity contribution is 8.00. The number of aromatic nitrogens is 2. The normalized spacial score (nSPS) is 12.2. The van der Waals surface area contributed by atoms with Crippen LogP contribution in [0.5, 0.6) is 11.5 Å². The second-order valence-electron chi connectivity index (χ2n) is 8.38. The zero-order chi connectivity index (χ0) is 24.2. The first-order valence-electron chi connectivity index (χ1n) is 10.3. The van der Waals surface area contributed by atoms with Crippen molar-refractivity contribution < 1.29 is 23.5 Å². The van der Waals surface area contributed by atoms with Crippen molar-refractivity contribution in [1.29, 1.82) is 0 Å². The summed E-state index contributed by atoms with van der Waals surface area (Å²) in [6.07, 6.45) is 0. The van der Waals surface area contributed by atoms with Crippen LogP contribution in [0.4, 0.5) is 5.69 Å². The number of methoxy groups -OCH3 is 2. The molecule has 1 N–H and O–H groups in total. The number of nitrogens with one attached hydrogen (secondary N) is 1. The van der Waals surface area contributed by atoms with Crippen LogP contribution in [-0.4, -0.2) is 41.4 Å². The maximum absolute atomic E-state index is 12.9. The third-order valence-corrected chi connectivity index (χ3v) is 5.69. The molecule has 1 aromatic heterocycles. The molecular formula is C24H27N3O5S. The molecule has 2 aromatic carbocycles. The third kappa shape index (κ3) is 6.13. The average molecular weight is 470 g/mol. The summed E-state index contributed by atoms with van der Waals surface area (Å²) in [5.41, 5.74) is 1.32. The van der Waals surface area contributed by atoms with Gasteiger partial charge in [-0.05, 0) is 43.3 Å². The SMILES string of the molecule is COc1cc(OC)cc(-c2nnc(SC(C)C(=O)c3ccc(NC(=O)C(C)(C)C)cc3)o2)c1. The Labute approximate surface area is 197 Å². The van der Waals surface area contributed by atoms with Gasteiger partial charge in [0, 0.05) is 28.3 Å². The van der Waals surface area contributed by atoms with Gasteiger partial charge >= 0.3 is 0 Å². The molecule has 0 saturated carbocycles. The van der Waals surface area contributed by atoms with Crippen LogP contribution in [0.3, 0.4) is 0 Å². The topological polar surface area (TPSA) is 104 Å². The number of Topliss-reactive ketones (excluding diaryl/α,β-unsaturated/α-hetero) is 1. The number of hydrogen-bond acceptors (Lipinski definition) is 8. The Kier molecular flexibility index (Phi) is 7.43. The molecule has 1 amide bonds. The van der Waals surface area contributed by atoms with Crippen molar-refractivity contribution in [3.63, 3.8) is 0 Å². The van der Waals surface area contributed by atoms with Crippen LogP contribution in [0, 0.1) is 5.41 Å². The Morgan fingerprint density at radius 1 is 1.00 bits per heavy atom. The van der Waals surface area contributed by atoms with Gasteiger partial charge in [0.25, 0.3) is 5.22 Å². The van der Waals surface area contributed by atoms with Crippen LogP contribution < -0.4 is 14.8 Å². The van der Waals surface area contributed by atoms with Crippen LogP contribution in [-0.2, 0) is 4.79 Å². The summed E-state index contributed by atoms with van der Waals surface area (Å²) < 4.78 is 16.3. The van der Waals surface area contributed by atoms with Gasteiger partial charge in [0.05, 0.1) is 19.5 Å². The molecule has 0 aliphatic carbocycles. The molecule has 3 rings (SSSR count). The van der Waals surface area contributed by atoms with Crippen molar-refractivity contribution in [2.45, 2.75) is 38.2 Å². The number of amides is 1. The number of rotatable bonds is 8. The Morgan fingerprint density at radius 2 is 1.61 bits per heavy atom. The summed E-state index contributed by atoms with van der Waals surface area (Å²) in [6.45, 7) is 7.30. The molecule has 0 aliphatic rings. The fourth-order valence-electron chi connectivity index (χ4n) is 2.78. The Bertz CT molecular complexity index is 1110. The van der Waals surface area contributed by atoms with Crippen molar-refractivity contribution in [2.75, 3.05) is 19.5 Å². The van der Waals surface area contributed by atoms with Crippen molar-refractivity contribution >= 4 is 29.1 Å². The number of carbonyl (C=O) groups excluding carboxylic acids is 2. The van der Waals surface area contributed by atoms with E-state index in [0.29, 0.717) is 34.2 Å². The lowest BCUT2D eigenvalue weighted by Crippen LogP contribution is -2.27. The Hall–Kier alpha value is -3.33. The van der Waals surface area contributed by atoms with Gasteiger partial charge in [0.2, 0.25) is 11.8 Å². The fraction of sp³-hybridized carbons (Fsp3) is 0.333. The van der Waals surface area contributed by atoms with Crippen LogP contribution in [0.2, 0.25) is 0 Å². The van der Waals surface area contributed by atoms with Gasteiger partial charge in [-0.25, -0.2) is 0 Å². The van der Waals surface area contributed by atoms with E-state index >= 15 is 0 Å². The van der Waals surface area contributed by atoms with Gasteiger partial charge in [-0.15, -0.1) is 10.2 Å². The summed E-state index contributed by atoms with van der Waals surface area (Å²) in [5, 5.41) is 10.8. The van der Waals surface area contributed by atoms with E-state index < -0.39 is 10.7 Å². The Balaban J connectivity index is 1.67. The number of nitrogens with zero attached hydrogens (tertiary/aromatic N) is 2. The maximum Gasteiger partial charge on any atom is 0.277 e. The molecule has 33 heavy (non-hydrogen) atoms. The van der Waals surface area contributed by atoms with Crippen molar-refractivity contribution in [3.8, 4) is 23.0 Å². The number of ether oxygens (including phenoxy) is 2. The molecule has 9 heteroatoms. The molecule has 1 heterocycles. The van der Waals surface area contributed by atoms with E-state index in [9.17, 15) is 9.59 Å². The van der Waals surface area contributed by atoms with E-state index in [1.54, 1.807) is 63.6 Å². The first-order valence-corrected chi connectivity index (χ1v) is 11.2. The number of anilines is 1. The number of benzene rings is 2.